The van der Waals surface area contributed by atoms with Crippen molar-refractivity contribution in [1.82, 2.24) is 10.5 Å². The summed E-state index contributed by atoms with van der Waals surface area (Å²) in [6.45, 7) is 0. The largest absolute Gasteiger partial charge is 0.559 e. The van der Waals surface area contributed by atoms with E-state index in [1.54, 1.807) is 5.48 Å². The van der Waals surface area contributed by atoms with Crippen LogP contribution in [0.2, 0.25) is 0 Å². The zero-order valence-electron chi connectivity index (χ0n) is 5.07. The molecular weight excluding hydrogens is 158 g/mol. The summed E-state index contributed by atoms with van der Waals surface area (Å²) in [5.41, 5.74) is 6.19. The molecule has 4 amide bonds. The van der Waals surface area contributed by atoms with Crippen molar-refractivity contribution in [3.05, 3.63) is 0 Å². The Labute approximate surface area is 59.7 Å². The average Bonchev–Trinajstić information content (AvgIpc) is 1.94. The number of carbonyl (C=O) groups is 3. The summed E-state index contributed by atoms with van der Waals surface area (Å²) in [7, 11) is 0. The van der Waals surface area contributed by atoms with Gasteiger partial charge in [-0.2, -0.15) is 10.3 Å². The molecule has 1 aliphatic heterocycles. The minimum atomic E-state index is -1.23. The fraction of sp³-hybridized carbons (Fsp3) is 0. The molecule has 0 aliphatic carbocycles. The highest BCUT2D eigenvalue weighted by Crippen LogP contribution is 1.99. The Morgan fingerprint density at radius 1 is 1.55 bits per heavy atom. The molecule has 0 spiro atoms. The van der Waals surface area contributed by atoms with Crippen molar-refractivity contribution in [2.75, 3.05) is 0 Å². The van der Waals surface area contributed by atoms with E-state index in [9.17, 15) is 14.4 Å². The van der Waals surface area contributed by atoms with E-state index in [1.807, 2.05) is 0 Å². The van der Waals surface area contributed by atoms with Gasteiger partial charge in [0.25, 0.3) is 0 Å². The molecule has 8 heteroatoms. The van der Waals surface area contributed by atoms with Crippen LogP contribution >= 0.6 is 0 Å². The summed E-state index contributed by atoms with van der Waals surface area (Å²) in [6, 6.07) is -2.27. The average molecular weight is 161 g/mol. The molecule has 0 atom stereocenters. The number of hydrogen-bond donors (Lipinski definition) is 2. The van der Waals surface area contributed by atoms with Crippen molar-refractivity contribution in [1.29, 1.82) is 0 Å². The second-order valence-electron chi connectivity index (χ2n) is 1.48. The third-order valence-corrected chi connectivity index (χ3v) is 0.772. The molecular formula is C3H3N3O5. The van der Waals surface area contributed by atoms with Crippen molar-refractivity contribution in [2.24, 2.45) is 5.73 Å². The number of carbonyl (C=O) groups excluding carboxylic acids is 3. The topological polar surface area (TPSA) is 111 Å². The van der Waals surface area contributed by atoms with Gasteiger partial charge in [-0.15, -0.1) is 0 Å². The van der Waals surface area contributed by atoms with E-state index < -0.39 is 18.2 Å². The van der Waals surface area contributed by atoms with Gasteiger partial charge in [-0.25, -0.2) is 9.59 Å². The van der Waals surface area contributed by atoms with Crippen LogP contribution in [0.3, 0.4) is 0 Å². The molecule has 1 rings (SSSR count). The predicted octanol–water partition coefficient (Wildman–Crippen LogP) is -0.926. The second kappa shape index (κ2) is 2.33. The van der Waals surface area contributed by atoms with E-state index in [-0.39, 0.29) is 5.06 Å². The van der Waals surface area contributed by atoms with Gasteiger partial charge in [-0.05, 0) is 0 Å². The summed E-state index contributed by atoms with van der Waals surface area (Å²) in [5.74, 6) is 0. The van der Waals surface area contributed by atoms with Crippen LogP contribution in [-0.4, -0.2) is 23.3 Å². The van der Waals surface area contributed by atoms with Crippen LogP contribution in [0.5, 0.6) is 0 Å². The highest BCUT2D eigenvalue weighted by molar-refractivity contribution is 5.93. The third kappa shape index (κ3) is 1.28. The number of nitrogens with zero attached hydrogens (tertiary/aromatic N) is 1. The highest BCUT2D eigenvalue weighted by Gasteiger charge is 2.31. The van der Waals surface area contributed by atoms with Crippen molar-refractivity contribution >= 4 is 18.2 Å². The van der Waals surface area contributed by atoms with Crippen LogP contribution < -0.4 is 11.2 Å². The van der Waals surface area contributed by atoms with Gasteiger partial charge in [0.15, 0.2) is 0 Å². The summed E-state index contributed by atoms with van der Waals surface area (Å²) >= 11 is 0. The Kier molecular flexibility index (Phi) is 1.51. The number of hydrogen-bond acceptors (Lipinski definition) is 5. The van der Waals surface area contributed by atoms with E-state index in [4.69, 9.17) is 0 Å². The van der Waals surface area contributed by atoms with Crippen molar-refractivity contribution in [3.8, 4) is 0 Å². The Bertz CT molecular complexity index is 225. The minimum Gasteiger partial charge on any atom is -0.349 e. The number of amides is 4. The second-order valence-corrected chi connectivity index (χ2v) is 1.48. The van der Waals surface area contributed by atoms with Gasteiger partial charge >= 0.3 is 18.2 Å². The normalized spacial score (nSPS) is 16.5. The van der Waals surface area contributed by atoms with E-state index in [1.165, 1.54) is 0 Å². The molecule has 0 saturated carbocycles. The molecule has 0 aromatic carbocycles. The standard InChI is InChI=1S/C3H3N3O5/c4-1(7)6-2(8)5-10-3(9)11-6/h(H2,4,7)(H,5,8). The first kappa shape index (κ1) is 7.12. The van der Waals surface area contributed by atoms with Gasteiger partial charge in [0.1, 0.15) is 0 Å². The molecule has 1 aliphatic rings. The fourth-order valence-electron chi connectivity index (χ4n) is 0.406. The summed E-state index contributed by atoms with van der Waals surface area (Å²) < 4.78 is 0. The molecule has 1 saturated heterocycles. The Morgan fingerprint density at radius 2 is 2.18 bits per heavy atom. The molecule has 11 heavy (non-hydrogen) atoms. The lowest BCUT2D eigenvalue weighted by atomic mass is 10.9. The van der Waals surface area contributed by atoms with Crippen LogP contribution in [0.25, 0.3) is 0 Å². The number of primary amides is 1. The summed E-state index contributed by atoms with van der Waals surface area (Å²) in [5, 5.41) is 0.0336. The minimum absolute atomic E-state index is 0.0336. The smallest absolute Gasteiger partial charge is 0.349 e. The van der Waals surface area contributed by atoms with E-state index >= 15 is 0 Å². The fourth-order valence-corrected chi connectivity index (χ4v) is 0.406. The predicted molar refractivity (Wildman–Crippen MR) is 27.5 cm³/mol. The number of rotatable bonds is 0. The molecule has 8 nitrogen and oxygen atoms in total. The van der Waals surface area contributed by atoms with Gasteiger partial charge in [-0.3, -0.25) is 4.84 Å². The Morgan fingerprint density at radius 3 is 2.64 bits per heavy atom. The maximum atomic E-state index is 10.5. The van der Waals surface area contributed by atoms with Gasteiger partial charge in [0.2, 0.25) is 0 Å². The lowest BCUT2D eigenvalue weighted by molar-refractivity contribution is -0.108. The van der Waals surface area contributed by atoms with E-state index in [0.717, 1.165) is 0 Å². The lowest BCUT2D eigenvalue weighted by Gasteiger charge is -2.20. The van der Waals surface area contributed by atoms with E-state index in [0.29, 0.717) is 0 Å². The quantitative estimate of drug-likeness (QED) is 0.476. The molecule has 1 fully saturated rings. The van der Waals surface area contributed by atoms with Crippen molar-refractivity contribution < 1.29 is 24.1 Å². The molecule has 0 radical (unpaired) electrons. The Balaban J connectivity index is 2.69. The van der Waals surface area contributed by atoms with Crippen molar-refractivity contribution in [3.63, 3.8) is 0 Å². The molecule has 0 unspecified atom stereocenters. The third-order valence-electron chi connectivity index (χ3n) is 0.772. The van der Waals surface area contributed by atoms with Gasteiger partial charge in [0, 0.05) is 0 Å². The van der Waals surface area contributed by atoms with Gasteiger partial charge in [-0.1, -0.05) is 5.06 Å². The van der Waals surface area contributed by atoms with Gasteiger partial charge in [0.05, 0.1) is 0 Å². The number of imide groups is 1. The maximum absolute atomic E-state index is 10.5. The monoisotopic (exact) mass is 161 g/mol. The van der Waals surface area contributed by atoms with Crippen molar-refractivity contribution in [2.45, 2.75) is 0 Å². The lowest BCUT2D eigenvalue weighted by Crippen LogP contribution is -2.52. The molecule has 0 bridgehead atoms. The van der Waals surface area contributed by atoms with Crippen LogP contribution in [-0.2, 0) is 9.68 Å². The van der Waals surface area contributed by atoms with E-state index in [2.05, 4.69) is 15.4 Å². The zero-order chi connectivity index (χ0) is 8.43. The number of nitrogens with one attached hydrogen (secondary N) is 1. The molecule has 0 aromatic heterocycles. The van der Waals surface area contributed by atoms with Gasteiger partial charge < -0.3 is 10.6 Å². The maximum Gasteiger partial charge on any atom is 0.559 e. The highest BCUT2D eigenvalue weighted by atomic mass is 16.9. The summed E-state index contributed by atoms with van der Waals surface area (Å²) in [6.07, 6.45) is -1.23. The zero-order valence-corrected chi connectivity index (χ0v) is 5.07. The summed E-state index contributed by atoms with van der Waals surface area (Å²) in [4.78, 5) is 38.8. The number of urea groups is 2. The van der Waals surface area contributed by atoms with Crippen LogP contribution in [0.4, 0.5) is 14.4 Å². The molecule has 1 heterocycles. The number of hydroxylamine groups is 3. The number of nitrogens with two attached hydrogens (primary N) is 1. The first-order valence-corrected chi connectivity index (χ1v) is 2.39. The SMILES string of the molecule is NC(=O)N1OC(=O)ONC1=O. The first-order valence-electron chi connectivity index (χ1n) is 2.39. The van der Waals surface area contributed by atoms with Crippen LogP contribution in [0.1, 0.15) is 0 Å². The molecule has 3 N–H and O–H groups in total. The van der Waals surface area contributed by atoms with Crippen LogP contribution in [0, 0.1) is 0 Å². The van der Waals surface area contributed by atoms with Crippen LogP contribution in [0.15, 0.2) is 0 Å². The molecule has 0 aromatic rings. The first-order chi connectivity index (χ1) is 5.11. The molecule has 60 valence electrons. The Hall–Kier alpha value is -1.99.